The second kappa shape index (κ2) is 5.58. The number of nitrogens with zero attached hydrogens (tertiary/aromatic N) is 2. The predicted octanol–water partition coefficient (Wildman–Crippen LogP) is 3.84. The third kappa shape index (κ3) is 2.63. The Morgan fingerprint density at radius 3 is 2.19 bits per heavy atom. The van der Waals surface area contributed by atoms with E-state index in [1.807, 2.05) is 11.7 Å². The van der Waals surface area contributed by atoms with Gasteiger partial charge in [0, 0.05) is 19.5 Å². The zero-order valence-corrected chi connectivity index (χ0v) is 15.3. The monoisotopic (exact) mass is 311 g/mol. The molecule has 1 aromatic rings. The van der Waals surface area contributed by atoms with Crippen LogP contribution in [-0.2, 0) is 19.9 Å². The summed E-state index contributed by atoms with van der Waals surface area (Å²) < 4.78 is 1.97. The van der Waals surface area contributed by atoms with Crippen LogP contribution in [0.2, 0.25) is 5.02 Å². The van der Waals surface area contributed by atoms with Gasteiger partial charge < -0.3 is 5.32 Å². The Morgan fingerprint density at radius 2 is 1.81 bits per heavy atom. The molecule has 1 heterocycles. The lowest BCUT2D eigenvalue weighted by Crippen LogP contribution is -2.36. The molecule has 3 nitrogen and oxygen atoms in total. The highest BCUT2D eigenvalue weighted by atomic mass is 35.5. The Morgan fingerprint density at radius 1 is 1.24 bits per heavy atom. The predicted molar refractivity (Wildman–Crippen MR) is 89.8 cm³/mol. The van der Waals surface area contributed by atoms with E-state index in [9.17, 15) is 0 Å². The van der Waals surface area contributed by atoms with Crippen molar-refractivity contribution in [2.75, 3.05) is 6.54 Å². The molecular formula is C17H30ClN3. The number of aryl methyl sites for hydroxylation is 2. The van der Waals surface area contributed by atoms with Gasteiger partial charge in [-0.25, -0.2) is 0 Å². The molecule has 1 N–H and O–H groups in total. The zero-order valence-electron chi connectivity index (χ0n) is 14.5. The summed E-state index contributed by atoms with van der Waals surface area (Å²) >= 11 is 6.53. The van der Waals surface area contributed by atoms with Crippen molar-refractivity contribution >= 4 is 11.6 Å². The van der Waals surface area contributed by atoms with E-state index in [1.54, 1.807) is 0 Å². The van der Waals surface area contributed by atoms with Crippen LogP contribution < -0.4 is 5.32 Å². The summed E-state index contributed by atoms with van der Waals surface area (Å²) in [6, 6.07) is 0.456. The lowest BCUT2D eigenvalue weighted by Gasteiger charge is -2.20. The van der Waals surface area contributed by atoms with Gasteiger partial charge in [0.15, 0.2) is 0 Å². The largest absolute Gasteiger partial charge is 0.314 e. The van der Waals surface area contributed by atoms with Gasteiger partial charge in [-0.3, -0.25) is 4.68 Å². The fourth-order valence-electron chi connectivity index (χ4n) is 4.07. The molecule has 0 radical (unpaired) electrons. The molecule has 0 amide bonds. The van der Waals surface area contributed by atoms with Crippen molar-refractivity contribution in [3.05, 3.63) is 16.4 Å². The molecular weight excluding hydrogens is 282 g/mol. The van der Waals surface area contributed by atoms with Crippen molar-refractivity contribution in [1.82, 2.24) is 15.1 Å². The van der Waals surface area contributed by atoms with Gasteiger partial charge in [-0.05, 0) is 29.7 Å². The van der Waals surface area contributed by atoms with E-state index in [1.165, 1.54) is 0 Å². The van der Waals surface area contributed by atoms with Gasteiger partial charge in [0.25, 0.3) is 0 Å². The maximum atomic E-state index is 6.53. The summed E-state index contributed by atoms with van der Waals surface area (Å²) in [6.07, 6.45) is 1.84. The van der Waals surface area contributed by atoms with Crippen molar-refractivity contribution in [3.8, 4) is 0 Å². The van der Waals surface area contributed by atoms with Gasteiger partial charge in [0.1, 0.15) is 0 Å². The SMILES string of the molecule is CCNC(Cc1c(Cl)c(CC)nn1C)C1C(C)(C)C1(C)C. The van der Waals surface area contributed by atoms with E-state index < -0.39 is 0 Å². The van der Waals surface area contributed by atoms with Crippen LogP contribution in [0.3, 0.4) is 0 Å². The minimum Gasteiger partial charge on any atom is -0.314 e. The molecule has 1 saturated carbocycles. The minimum atomic E-state index is 0.374. The van der Waals surface area contributed by atoms with Crippen LogP contribution in [0.25, 0.3) is 0 Å². The first-order valence-electron chi connectivity index (χ1n) is 8.12. The molecule has 1 fully saturated rings. The normalized spacial score (nSPS) is 21.5. The van der Waals surface area contributed by atoms with E-state index in [4.69, 9.17) is 11.6 Å². The summed E-state index contributed by atoms with van der Waals surface area (Å²) in [5.41, 5.74) is 2.92. The second-order valence-electron chi connectivity index (χ2n) is 7.47. The summed E-state index contributed by atoms with van der Waals surface area (Å²) in [4.78, 5) is 0. The van der Waals surface area contributed by atoms with Gasteiger partial charge in [0.2, 0.25) is 0 Å². The highest BCUT2D eigenvalue weighted by Gasteiger charge is 2.66. The summed E-state index contributed by atoms with van der Waals surface area (Å²) in [5.74, 6) is 0.668. The average Bonchev–Trinajstić information content (AvgIpc) is 2.65. The first-order valence-corrected chi connectivity index (χ1v) is 8.49. The van der Waals surface area contributed by atoms with Gasteiger partial charge in [0.05, 0.1) is 16.4 Å². The lowest BCUT2D eigenvalue weighted by molar-refractivity contribution is 0.395. The summed E-state index contributed by atoms with van der Waals surface area (Å²) in [5, 5.41) is 9.10. The number of hydrogen-bond donors (Lipinski definition) is 1. The Kier molecular flexibility index (Phi) is 4.47. The molecule has 2 rings (SSSR count). The number of likely N-dealkylation sites (N-methyl/N-ethyl adjacent to an activating group) is 1. The topological polar surface area (TPSA) is 29.9 Å². The Labute approximate surface area is 134 Å². The van der Waals surface area contributed by atoms with Crippen LogP contribution in [0, 0.1) is 16.7 Å². The quantitative estimate of drug-likeness (QED) is 0.865. The van der Waals surface area contributed by atoms with Crippen LogP contribution in [0.4, 0.5) is 0 Å². The standard InChI is InChI=1S/C17H30ClN3/c1-8-11-14(18)13(21(7)20-11)10-12(19-9-2)15-16(3,4)17(15,5)6/h12,15,19H,8-10H2,1-7H3. The zero-order chi connectivity index (χ0) is 16.0. The lowest BCUT2D eigenvalue weighted by atomic mass is 9.99. The maximum Gasteiger partial charge on any atom is 0.0850 e. The summed E-state index contributed by atoms with van der Waals surface area (Å²) in [6.45, 7) is 14.8. The van der Waals surface area contributed by atoms with Gasteiger partial charge in [-0.15, -0.1) is 0 Å². The second-order valence-corrected chi connectivity index (χ2v) is 7.85. The van der Waals surface area contributed by atoms with Crippen molar-refractivity contribution in [2.24, 2.45) is 23.8 Å². The number of halogens is 1. The molecule has 120 valence electrons. The van der Waals surface area contributed by atoms with Crippen LogP contribution >= 0.6 is 11.6 Å². The van der Waals surface area contributed by atoms with Crippen molar-refractivity contribution in [1.29, 1.82) is 0 Å². The highest BCUT2D eigenvalue weighted by Crippen LogP contribution is 2.69. The number of hydrogen-bond acceptors (Lipinski definition) is 2. The number of aromatic nitrogens is 2. The molecule has 0 aromatic carbocycles. The molecule has 1 aliphatic rings. The smallest absolute Gasteiger partial charge is 0.0850 e. The van der Waals surface area contributed by atoms with Crippen molar-refractivity contribution in [2.45, 2.75) is 60.4 Å². The fraction of sp³-hybridized carbons (Fsp3) is 0.824. The minimum absolute atomic E-state index is 0.374. The van der Waals surface area contributed by atoms with Crippen molar-refractivity contribution < 1.29 is 0 Å². The molecule has 0 aliphatic heterocycles. The van der Waals surface area contributed by atoms with Gasteiger partial charge in [-0.2, -0.15) is 5.10 Å². The van der Waals surface area contributed by atoms with E-state index in [2.05, 4.69) is 52.0 Å². The van der Waals surface area contributed by atoms with Gasteiger partial charge in [-0.1, -0.05) is 53.1 Å². The van der Waals surface area contributed by atoms with Gasteiger partial charge >= 0.3 is 0 Å². The summed E-state index contributed by atoms with van der Waals surface area (Å²) in [7, 11) is 2.01. The Balaban J connectivity index is 2.25. The first-order chi connectivity index (χ1) is 9.68. The maximum absolute atomic E-state index is 6.53. The van der Waals surface area contributed by atoms with Crippen LogP contribution in [0.5, 0.6) is 0 Å². The molecule has 21 heavy (non-hydrogen) atoms. The third-order valence-corrected chi connectivity index (χ3v) is 6.35. The average molecular weight is 312 g/mol. The molecule has 0 spiro atoms. The molecule has 1 aromatic heterocycles. The molecule has 1 atom stereocenters. The molecule has 1 aliphatic carbocycles. The Hall–Kier alpha value is -0.540. The molecule has 4 heteroatoms. The number of rotatable bonds is 6. The van der Waals surface area contributed by atoms with E-state index in [0.717, 1.165) is 35.8 Å². The van der Waals surface area contributed by atoms with Crippen LogP contribution in [0.15, 0.2) is 0 Å². The van der Waals surface area contributed by atoms with E-state index >= 15 is 0 Å². The van der Waals surface area contributed by atoms with Crippen LogP contribution in [0.1, 0.15) is 52.9 Å². The van der Waals surface area contributed by atoms with Crippen LogP contribution in [-0.4, -0.2) is 22.4 Å². The Bertz CT molecular complexity index is 502. The highest BCUT2D eigenvalue weighted by molar-refractivity contribution is 6.31. The molecule has 0 saturated heterocycles. The number of nitrogens with one attached hydrogen (secondary N) is 1. The van der Waals surface area contributed by atoms with E-state index in [0.29, 0.717) is 22.8 Å². The third-order valence-electron chi connectivity index (χ3n) is 5.92. The van der Waals surface area contributed by atoms with E-state index in [-0.39, 0.29) is 0 Å². The molecule has 0 bridgehead atoms. The molecule has 1 unspecified atom stereocenters. The van der Waals surface area contributed by atoms with Crippen molar-refractivity contribution in [3.63, 3.8) is 0 Å². The first kappa shape index (κ1) is 16.8. The fourth-order valence-corrected chi connectivity index (χ4v) is 4.44.